The van der Waals surface area contributed by atoms with E-state index in [0.29, 0.717) is 11.3 Å². The second kappa shape index (κ2) is 6.06. The quantitative estimate of drug-likeness (QED) is 0.877. The number of aliphatic hydroxyl groups is 1. The van der Waals surface area contributed by atoms with Gasteiger partial charge in [-0.05, 0) is 40.7 Å². The first-order valence-electron chi connectivity index (χ1n) is 6.42. The van der Waals surface area contributed by atoms with Crippen LogP contribution >= 0.6 is 0 Å². The molecule has 0 aliphatic heterocycles. The number of rotatable bonds is 4. The second-order valence-corrected chi connectivity index (χ2v) is 5.77. The van der Waals surface area contributed by atoms with Crippen molar-refractivity contribution >= 4 is 5.91 Å². The van der Waals surface area contributed by atoms with Gasteiger partial charge < -0.3 is 15.2 Å². The molecule has 4 nitrogen and oxygen atoms in total. The van der Waals surface area contributed by atoms with E-state index in [4.69, 9.17) is 4.74 Å². The largest absolute Gasteiger partial charge is 0.481 e. The third-order valence-corrected chi connectivity index (χ3v) is 2.56. The van der Waals surface area contributed by atoms with Gasteiger partial charge in [0.1, 0.15) is 5.75 Å². The summed E-state index contributed by atoms with van der Waals surface area (Å²) in [6.45, 7) is 9.29. The fourth-order valence-electron chi connectivity index (χ4n) is 1.66. The average molecular weight is 265 g/mol. The zero-order chi connectivity index (χ0) is 14.6. The molecule has 0 heterocycles. The molecular formula is C15H23NO3. The minimum atomic E-state index is -0.604. The molecule has 1 aromatic rings. The van der Waals surface area contributed by atoms with E-state index in [0.717, 1.165) is 5.56 Å². The van der Waals surface area contributed by atoms with Gasteiger partial charge in [-0.15, -0.1) is 0 Å². The maximum Gasteiger partial charge on any atom is 0.261 e. The lowest BCUT2D eigenvalue weighted by Crippen LogP contribution is -2.46. The van der Waals surface area contributed by atoms with Gasteiger partial charge in [0.15, 0.2) is 6.10 Å². The Hall–Kier alpha value is -1.55. The molecule has 0 radical (unpaired) electrons. The number of nitrogens with one attached hydrogen (secondary N) is 1. The highest BCUT2D eigenvalue weighted by Crippen LogP contribution is 2.21. The highest BCUT2D eigenvalue weighted by Gasteiger charge is 2.21. The molecule has 0 spiro atoms. The summed E-state index contributed by atoms with van der Waals surface area (Å²) in [6.07, 6.45) is -0.604. The molecule has 1 rings (SSSR count). The molecule has 1 unspecified atom stereocenters. The van der Waals surface area contributed by atoms with Crippen LogP contribution in [-0.2, 0) is 11.4 Å². The summed E-state index contributed by atoms with van der Waals surface area (Å²) in [4.78, 5) is 11.9. The van der Waals surface area contributed by atoms with Crippen LogP contribution in [0.25, 0.3) is 0 Å². The number of amides is 1. The highest BCUT2D eigenvalue weighted by molar-refractivity contribution is 5.81. The molecule has 0 saturated carbocycles. The van der Waals surface area contributed by atoms with Crippen LogP contribution in [0.1, 0.15) is 38.8 Å². The molecule has 1 aromatic carbocycles. The molecule has 0 bridgehead atoms. The molecule has 0 saturated heterocycles. The van der Waals surface area contributed by atoms with Crippen molar-refractivity contribution in [3.63, 3.8) is 0 Å². The summed E-state index contributed by atoms with van der Waals surface area (Å²) in [5.41, 5.74) is 1.44. The van der Waals surface area contributed by atoms with Crippen molar-refractivity contribution in [2.45, 2.75) is 52.9 Å². The Balaban J connectivity index is 2.76. The first-order chi connectivity index (χ1) is 8.73. The van der Waals surface area contributed by atoms with Crippen molar-refractivity contribution in [2.75, 3.05) is 0 Å². The first kappa shape index (κ1) is 15.5. The summed E-state index contributed by atoms with van der Waals surface area (Å²) in [6, 6.07) is 5.52. The third kappa shape index (κ3) is 4.91. The molecule has 1 amide bonds. The van der Waals surface area contributed by atoms with Crippen molar-refractivity contribution in [3.05, 3.63) is 29.3 Å². The Bertz CT molecular complexity index is 449. The van der Waals surface area contributed by atoms with Crippen LogP contribution in [0.3, 0.4) is 0 Å². The van der Waals surface area contributed by atoms with Crippen LogP contribution in [-0.4, -0.2) is 22.7 Å². The molecule has 2 N–H and O–H groups in total. The normalized spacial score (nSPS) is 12.9. The van der Waals surface area contributed by atoms with Gasteiger partial charge in [0, 0.05) is 11.1 Å². The van der Waals surface area contributed by atoms with E-state index in [-0.39, 0.29) is 18.1 Å². The van der Waals surface area contributed by atoms with Crippen LogP contribution in [0.2, 0.25) is 0 Å². The number of aryl methyl sites for hydroxylation is 1. The number of hydrogen-bond acceptors (Lipinski definition) is 3. The zero-order valence-electron chi connectivity index (χ0n) is 12.3. The predicted molar refractivity (Wildman–Crippen MR) is 75.1 cm³/mol. The Morgan fingerprint density at radius 3 is 2.58 bits per heavy atom. The Kier molecular flexibility index (Phi) is 4.95. The number of benzene rings is 1. The molecule has 0 fully saturated rings. The number of ether oxygens (including phenoxy) is 1. The SMILES string of the molecule is Cc1ccc(OC(C)C(=O)NC(C)(C)C)c(CO)c1. The monoisotopic (exact) mass is 265 g/mol. The van der Waals surface area contributed by atoms with E-state index in [2.05, 4.69) is 5.32 Å². The zero-order valence-corrected chi connectivity index (χ0v) is 12.3. The van der Waals surface area contributed by atoms with Crippen molar-refractivity contribution < 1.29 is 14.6 Å². The van der Waals surface area contributed by atoms with Gasteiger partial charge in [0.05, 0.1) is 6.61 Å². The van der Waals surface area contributed by atoms with Gasteiger partial charge in [-0.2, -0.15) is 0 Å². The second-order valence-electron chi connectivity index (χ2n) is 5.77. The fourth-order valence-corrected chi connectivity index (χ4v) is 1.66. The van der Waals surface area contributed by atoms with E-state index in [1.807, 2.05) is 39.8 Å². The van der Waals surface area contributed by atoms with Crippen molar-refractivity contribution in [3.8, 4) is 5.75 Å². The molecule has 0 aliphatic rings. The van der Waals surface area contributed by atoms with Gasteiger partial charge >= 0.3 is 0 Å². The highest BCUT2D eigenvalue weighted by atomic mass is 16.5. The van der Waals surface area contributed by atoms with Gasteiger partial charge in [-0.25, -0.2) is 0 Å². The smallest absolute Gasteiger partial charge is 0.261 e. The van der Waals surface area contributed by atoms with E-state index in [1.54, 1.807) is 13.0 Å². The molecule has 0 aliphatic carbocycles. The summed E-state index contributed by atoms with van der Waals surface area (Å²) in [7, 11) is 0. The Labute approximate surface area is 114 Å². The maximum atomic E-state index is 11.9. The standard InChI is InChI=1S/C15H23NO3/c1-10-6-7-13(12(8-10)9-17)19-11(2)14(18)16-15(3,4)5/h6-8,11,17H,9H2,1-5H3,(H,16,18). The lowest BCUT2D eigenvalue weighted by Gasteiger charge is -2.24. The molecular weight excluding hydrogens is 242 g/mol. The van der Waals surface area contributed by atoms with Gasteiger partial charge in [-0.3, -0.25) is 4.79 Å². The average Bonchev–Trinajstić information content (AvgIpc) is 2.29. The van der Waals surface area contributed by atoms with Crippen LogP contribution in [0, 0.1) is 6.92 Å². The predicted octanol–water partition coefficient (Wildman–Crippen LogP) is 2.17. The van der Waals surface area contributed by atoms with Gasteiger partial charge in [0.2, 0.25) is 0 Å². The first-order valence-corrected chi connectivity index (χ1v) is 6.42. The molecule has 19 heavy (non-hydrogen) atoms. The number of carbonyl (C=O) groups excluding carboxylic acids is 1. The maximum absolute atomic E-state index is 11.9. The van der Waals surface area contributed by atoms with Crippen molar-refractivity contribution in [2.24, 2.45) is 0 Å². The lowest BCUT2D eigenvalue weighted by molar-refractivity contribution is -0.128. The minimum absolute atomic E-state index is 0.107. The topological polar surface area (TPSA) is 58.6 Å². The summed E-state index contributed by atoms with van der Waals surface area (Å²) >= 11 is 0. The van der Waals surface area contributed by atoms with E-state index in [9.17, 15) is 9.90 Å². The Morgan fingerprint density at radius 1 is 1.42 bits per heavy atom. The fraction of sp³-hybridized carbons (Fsp3) is 0.533. The number of carbonyl (C=O) groups is 1. The van der Waals surface area contributed by atoms with Crippen LogP contribution in [0.15, 0.2) is 18.2 Å². The molecule has 0 aromatic heterocycles. The molecule has 106 valence electrons. The van der Waals surface area contributed by atoms with Crippen LogP contribution in [0.5, 0.6) is 5.75 Å². The third-order valence-electron chi connectivity index (χ3n) is 2.56. The molecule has 4 heteroatoms. The van der Waals surface area contributed by atoms with Crippen molar-refractivity contribution in [1.82, 2.24) is 5.32 Å². The summed E-state index contributed by atoms with van der Waals surface area (Å²) < 4.78 is 5.63. The summed E-state index contributed by atoms with van der Waals surface area (Å²) in [5.74, 6) is 0.377. The van der Waals surface area contributed by atoms with Gasteiger partial charge in [-0.1, -0.05) is 17.7 Å². The summed E-state index contributed by atoms with van der Waals surface area (Å²) in [5, 5.41) is 12.2. The van der Waals surface area contributed by atoms with Crippen LogP contribution in [0.4, 0.5) is 0 Å². The minimum Gasteiger partial charge on any atom is -0.481 e. The van der Waals surface area contributed by atoms with E-state index in [1.165, 1.54) is 0 Å². The number of aliphatic hydroxyl groups excluding tert-OH is 1. The lowest BCUT2D eigenvalue weighted by atomic mass is 10.1. The van der Waals surface area contributed by atoms with Gasteiger partial charge in [0.25, 0.3) is 5.91 Å². The van der Waals surface area contributed by atoms with Crippen molar-refractivity contribution in [1.29, 1.82) is 0 Å². The van der Waals surface area contributed by atoms with E-state index < -0.39 is 6.10 Å². The van der Waals surface area contributed by atoms with Crippen LogP contribution < -0.4 is 10.1 Å². The molecule has 1 atom stereocenters. The Morgan fingerprint density at radius 2 is 2.05 bits per heavy atom. The van der Waals surface area contributed by atoms with E-state index >= 15 is 0 Å². The number of hydrogen-bond donors (Lipinski definition) is 2.